The average Bonchev–Trinajstić information content (AvgIpc) is 3.66. The van der Waals surface area contributed by atoms with E-state index in [9.17, 15) is 13.2 Å². The Hall–Kier alpha value is -2.77. The molecule has 1 aromatic carbocycles. The van der Waals surface area contributed by atoms with Gasteiger partial charge in [0.1, 0.15) is 32.0 Å². The largest absolute Gasteiger partial charge is 0.495 e. The Balaban J connectivity index is 1.57. The molecule has 9 nitrogen and oxygen atoms in total. The molecule has 3 aromatic heterocycles. The molecule has 1 fully saturated rings. The number of rotatable bonds is 8. The third-order valence-electron chi connectivity index (χ3n) is 6.04. The molecule has 0 bridgehead atoms. The molecular weight excluding hydrogens is 556 g/mol. The molecule has 1 saturated heterocycles. The fourth-order valence-electron chi connectivity index (χ4n) is 4.29. The minimum Gasteiger partial charge on any atom is -0.495 e. The summed E-state index contributed by atoms with van der Waals surface area (Å²) >= 11 is 8.26. The first-order valence-electron chi connectivity index (χ1n) is 11.3. The number of hydrogen-bond donors (Lipinski definition) is 0. The van der Waals surface area contributed by atoms with Crippen molar-refractivity contribution < 1.29 is 22.7 Å². The van der Waals surface area contributed by atoms with Crippen molar-refractivity contribution >= 4 is 65.6 Å². The number of halogens is 1. The van der Waals surface area contributed by atoms with Gasteiger partial charge in [-0.05, 0) is 49.2 Å². The van der Waals surface area contributed by atoms with Crippen LogP contribution in [-0.2, 0) is 21.4 Å². The van der Waals surface area contributed by atoms with Crippen LogP contribution in [0, 0.1) is 0 Å². The van der Waals surface area contributed by atoms with Gasteiger partial charge in [0.25, 0.3) is 10.0 Å². The molecule has 1 atom stereocenters. The number of aromatic nitrogens is 2. The smallest absolute Gasteiger partial charge is 0.253 e. The van der Waals surface area contributed by atoms with E-state index in [0.717, 1.165) is 16.0 Å². The minimum atomic E-state index is -3.90. The minimum absolute atomic E-state index is 0.114. The summed E-state index contributed by atoms with van der Waals surface area (Å²) in [7, 11) is -0.784. The summed E-state index contributed by atoms with van der Waals surface area (Å²) in [5, 5.41) is 0.400. The van der Waals surface area contributed by atoms with Gasteiger partial charge in [-0.1, -0.05) is 29.0 Å². The molecule has 0 N–H and O–H groups in total. The van der Waals surface area contributed by atoms with Crippen LogP contribution in [0.15, 0.2) is 52.9 Å². The van der Waals surface area contributed by atoms with Crippen LogP contribution in [0.5, 0.6) is 11.5 Å². The highest BCUT2D eigenvalue weighted by Gasteiger charge is 2.42. The summed E-state index contributed by atoms with van der Waals surface area (Å²) in [4.78, 5) is 24.7. The Morgan fingerprint density at radius 1 is 1.14 bits per heavy atom. The Bertz CT molecular complexity index is 1500. The molecule has 194 valence electrons. The van der Waals surface area contributed by atoms with Crippen LogP contribution in [0.1, 0.15) is 18.5 Å². The predicted molar refractivity (Wildman–Crippen MR) is 144 cm³/mol. The third kappa shape index (κ3) is 4.91. The summed E-state index contributed by atoms with van der Waals surface area (Å²) in [6, 6.07) is 11.1. The molecule has 0 radical (unpaired) electrons. The number of hydrogen-bond acceptors (Lipinski definition) is 9. The van der Waals surface area contributed by atoms with Gasteiger partial charge in [0, 0.05) is 12.7 Å². The van der Waals surface area contributed by atoms with Crippen LogP contribution < -0.4 is 14.4 Å². The van der Waals surface area contributed by atoms with Crippen molar-refractivity contribution in [3.63, 3.8) is 0 Å². The van der Waals surface area contributed by atoms with E-state index >= 15 is 0 Å². The van der Waals surface area contributed by atoms with Crippen LogP contribution >= 0.6 is 34.3 Å². The first-order valence-corrected chi connectivity index (χ1v) is 14.8. The standard InChI is InChI=1S/C24H23ClN4O5S3/c1-33-17-8-9-18(34-2)22-21(17)27-24(36-22)28(14-15-6-3-4-12-26-15)23(30)16-7-5-13-29(16)37(31,32)20-11-10-19(25)35-20/h3-4,6,8-12,16H,5,7,13-14H2,1-2H3. The Kier molecular flexibility index (Phi) is 7.37. The van der Waals surface area contributed by atoms with E-state index in [2.05, 4.69) is 4.98 Å². The molecule has 0 aliphatic carbocycles. The quantitative estimate of drug-likeness (QED) is 0.296. The first-order chi connectivity index (χ1) is 17.8. The number of benzene rings is 1. The number of nitrogens with zero attached hydrogens (tertiary/aromatic N) is 4. The van der Waals surface area contributed by atoms with Gasteiger partial charge in [0.05, 0.1) is 30.8 Å². The molecule has 1 aliphatic heterocycles. The Morgan fingerprint density at radius 3 is 2.59 bits per heavy atom. The molecule has 1 unspecified atom stereocenters. The predicted octanol–water partition coefficient (Wildman–Crippen LogP) is 4.81. The van der Waals surface area contributed by atoms with Gasteiger partial charge in [-0.2, -0.15) is 4.31 Å². The lowest BCUT2D eigenvalue weighted by atomic mass is 10.2. The maximum absolute atomic E-state index is 14.1. The summed E-state index contributed by atoms with van der Waals surface area (Å²) in [6.45, 7) is 0.368. The number of amides is 1. The highest BCUT2D eigenvalue weighted by Crippen LogP contribution is 2.41. The number of fused-ring (bicyclic) bond motifs is 1. The summed E-state index contributed by atoms with van der Waals surface area (Å²) in [5.41, 5.74) is 1.20. The van der Waals surface area contributed by atoms with Gasteiger partial charge in [-0.25, -0.2) is 13.4 Å². The van der Waals surface area contributed by atoms with Gasteiger partial charge in [-0.3, -0.25) is 14.7 Å². The van der Waals surface area contributed by atoms with Crippen molar-refractivity contribution in [2.45, 2.75) is 29.6 Å². The van der Waals surface area contributed by atoms with Crippen LogP contribution in [0.25, 0.3) is 10.2 Å². The second-order valence-electron chi connectivity index (χ2n) is 8.22. The Morgan fingerprint density at radius 2 is 1.92 bits per heavy atom. The Labute approximate surface area is 227 Å². The number of anilines is 1. The lowest BCUT2D eigenvalue weighted by molar-refractivity contribution is -0.121. The van der Waals surface area contributed by atoms with E-state index in [-0.39, 0.29) is 23.2 Å². The maximum atomic E-state index is 14.1. The van der Waals surface area contributed by atoms with Crippen molar-refractivity contribution in [2.24, 2.45) is 0 Å². The van der Waals surface area contributed by atoms with Crippen LogP contribution in [0.3, 0.4) is 0 Å². The number of pyridine rings is 1. The molecule has 4 aromatic rings. The van der Waals surface area contributed by atoms with Crippen LogP contribution in [0.4, 0.5) is 5.13 Å². The SMILES string of the molecule is COc1ccc(OC)c2sc(N(Cc3ccccn3)C(=O)C3CCCN3S(=O)(=O)c3ccc(Cl)s3)nc12. The maximum Gasteiger partial charge on any atom is 0.253 e. The normalized spacial score (nSPS) is 16.2. The molecule has 0 saturated carbocycles. The number of ether oxygens (including phenoxy) is 2. The van der Waals surface area contributed by atoms with E-state index in [1.807, 2.05) is 12.1 Å². The monoisotopic (exact) mass is 578 g/mol. The number of carbonyl (C=O) groups excluding carboxylic acids is 1. The topological polar surface area (TPSA) is 102 Å². The zero-order chi connectivity index (χ0) is 26.2. The van der Waals surface area contributed by atoms with Crippen molar-refractivity contribution in [1.82, 2.24) is 14.3 Å². The molecule has 0 spiro atoms. The zero-order valence-corrected chi connectivity index (χ0v) is 23.2. The second-order valence-corrected chi connectivity index (χ2v) is 13.0. The van der Waals surface area contributed by atoms with Gasteiger partial charge < -0.3 is 9.47 Å². The fraction of sp³-hybridized carbons (Fsp3) is 0.292. The lowest BCUT2D eigenvalue weighted by Crippen LogP contribution is -2.47. The number of thiophene rings is 1. The van der Waals surface area contributed by atoms with E-state index in [0.29, 0.717) is 45.0 Å². The van der Waals surface area contributed by atoms with Crippen molar-refractivity contribution in [3.05, 3.63) is 58.7 Å². The van der Waals surface area contributed by atoms with Crippen LogP contribution in [-0.4, -0.2) is 55.4 Å². The van der Waals surface area contributed by atoms with Gasteiger partial charge in [0.2, 0.25) is 5.91 Å². The molecule has 1 aliphatic rings. The zero-order valence-electron chi connectivity index (χ0n) is 20.0. The second kappa shape index (κ2) is 10.5. The van der Waals surface area contributed by atoms with Crippen molar-refractivity contribution in [1.29, 1.82) is 0 Å². The first kappa shape index (κ1) is 25.9. The molecular formula is C24H23ClN4O5S3. The average molecular weight is 579 g/mol. The van der Waals surface area contributed by atoms with E-state index in [4.69, 9.17) is 26.1 Å². The highest BCUT2D eigenvalue weighted by molar-refractivity contribution is 7.91. The molecule has 1 amide bonds. The van der Waals surface area contributed by atoms with Gasteiger partial charge >= 0.3 is 0 Å². The fourth-order valence-corrected chi connectivity index (χ4v) is 8.63. The summed E-state index contributed by atoms with van der Waals surface area (Å²) in [6.07, 6.45) is 2.61. The third-order valence-corrected chi connectivity index (χ3v) is 10.7. The van der Waals surface area contributed by atoms with Crippen molar-refractivity contribution in [2.75, 3.05) is 25.7 Å². The summed E-state index contributed by atoms with van der Waals surface area (Å²) < 4.78 is 40.4. The van der Waals surface area contributed by atoms with Gasteiger partial charge in [0.15, 0.2) is 5.13 Å². The van der Waals surface area contributed by atoms with E-state index in [1.54, 1.807) is 44.7 Å². The van der Waals surface area contributed by atoms with E-state index < -0.39 is 16.1 Å². The molecule has 37 heavy (non-hydrogen) atoms. The number of carbonyl (C=O) groups is 1. The summed E-state index contributed by atoms with van der Waals surface area (Å²) in [5.74, 6) is 0.777. The molecule has 4 heterocycles. The highest BCUT2D eigenvalue weighted by atomic mass is 35.5. The van der Waals surface area contributed by atoms with Crippen LogP contribution in [0.2, 0.25) is 4.34 Å². The number of sulfonamides is 1. The lowest BCUT2D eigenvalue weighted by Gasteiger charge is -2.28. The number of thiazole rings is 1. The van der Waals surface area contributed by atoms with Gasteiger partial charge in [-0.15, -0.1) is 11.3 Å². The van der Waals surface area contributed by atoms with Crippen molar-refractivity contribution in [3.8, 4) is 11.5 Å². The number of methoxy groups -OCH3 is 2. The molecule has 5 rings (SSSR count). The molecule has 13 heteroatoms. The van der Waals surface area contributed by atoms with E-state index in [1.165, 1.54) is 26.6 Å².